The Hall–Kier alpha value is -4.37. The summed E-state index contributed by atoms with van der Waals surface area (Å²) in [7, 11) is 1.57. The lowest BCUT2D eigenvalue weighted by Gasteiger charge is -2.39. The summed E-state index contributed by atoms with van der Waals surface area (Å²) in [5.74, 6) is -0.885. The van der Waals surface area contributed by atoms with E-state index in [1.165, 1.54) is 6.07 Å². The van der Waals surface area contributed by atoms with Crippen LogP contribution in [0.1, 0.15) is 11.1 Å². The third-order valence-corrected chi connectivity index (χ3v) is 7.09. The summed E-state index contributed by atoms with van der Waals surface area (Å²) >= 11 is 0. The Balaban J connectivity index is 1.60. The molecule has 1 saturated heterocycles. The highest BCUT2D eigenvalue weighted by Crippen LogP contribution is 2.42. The molecule has 5 heterocycles. The third-order valence-electron chi connectivity index (χ3n) is 7.09. The van der Waals surface area contributed by atoms with E-state index in [2.05, 4.69) is 25.8 Å². The van der Waals surface area contributed by atoms with Crippen LogP contribution in [0.25, 0.3) is 28.0 Å². The molecule has 0 saturated carbocycles. The van der Waals surface area contributed by atoms with Gasteiger partial charge in [-0.3, -0.25) is 4.98 Å². The van der Waals surface area contributed by atoms with E-state index in [9.17, 15) is 4.39 Å². The largest absolute Gasteiger partial charge is 0.481 e. The number of allylic oxidation sites excluding steroid dienone is 2. The minimum atomic E-state index is -0.684. The van der Waals surface area contributed by atoms with E-state index in [1.807, 2.05) is 43.3 Å². The van der Waals surface area contributed by atoms with Crippen molar-refractivity contribution in [1.82, 2.24) is 19.9 Å². The molecule has 0 N–H and O–H groups in total. The van der Waals surface area contributed by atoms with Gasteiger partial charge >= 0.3 is 0 Å². The molecule has 0 unspecified atom stereocenters. The van der Waals surface area contributed by atoms with Crippen LogP contribution < -0.4 is 9.64 Å². The smallest absolute Gasteiger partial charge is 0.213 e. The molecule has 39 heavy (non-hydrogen) atoms. The molecule has 3 aromatic heterocycles. The number of anilines is 1. The summed E-state index contributed by atoms with van der Waals surface area (Å²) in [5.41, 5.74) is 5.53. The first kappa shape index (κ1) is 24.9. The van der Waals surface area contributed by atoms with Gasteiger partial charge in [0, 0.05) is 66.2 Å². The third kappa shape index (κ3) is 4.70. The van der Waals surface area contributed by atoms with Crippen molar-refractivity contribution in [2.45, 2.75) is 6.92 Å². The van der Waals surface area contributed by atoms with Gasteiger partial charge in [-0.05, 0) is 37.3 Å². The Morgan fingerprint density at radius 2 is 1.82 bits per heavy atom. The molecule has 1 aromatic carbocycles. The van der Waals surface area contributed by atoms with Crippen molar-refractivity contribution in [2.75, 3.05) is 44.9 Å². The number of benzene rings is 1. The minimum absolute atomic E-state index is 0.225. The summed E-state index contributed by atoms with van der Waals surface area (Å²) < 4.78 is 41.1. The van der Waals surface area contributed by atoms with Crippen LogP contribution in [0.4, 0.5) is 14.5 Å². The zero-order valence-corrected chi connectivity index (χ0v) is 21.7. The lowest BCUT2D eigenvalue weighted by atomic mass is 9.99. The summed E-state index contributed by atoms with van der Waals surface area (Å²) in [6.45, 7) is 5.19. The zero-order chi connectivity index (χ0) is 26.9. The van der Waals surface area contributed by atoms with Gasteiger partial charge in [-0.25, -0.2) is 18.7 Å². The number of morpholine rings is 1. The molecule has 198 valence electrons. The maximum atomic E-state index is 15.7. The highest BCUT2D eigenvalue weighted by atomic mass is 19.1. The number of pyridine rings is 3. The fourth-order valence-electron chi connectivity index (χ4n) is 5.23. The predicted octanol–water partition coefficient (Wildman–Crippen LogP) is 5.36. The van der Waals surface area contributed by atoms with Gasteiger partial charge in [-0.2, -0.15) is 0 Å². The Kier molecular flexibility index (Phi) is 6.66. The van der Waals surface area contributed by atoms with Gasteiger partial charge in [-0.15, -0.1) is 0 Å². The van der Waals surface area contributed by atoms with Gasteiger partial charge in [0.25, 0.3) is 0 Å². The van der Waals surface area contributed by atoms with Gasteiger partial charge in [0.1, 0.15) is 11.6 Å². The van der Waals surface area contributed by atoms with Crippen molar-refractivity contribution in [3.05, 3.63) is 95.5 Å². The van der Waals surface area contributed by atoms with E-state index >= 15 is 4.39 Å². The van der Waals surface area contributed by atoms with E-state index < -0.39 is 11.6 Å². The van der Waals surface area contributed by atoms with Crippen LogP contribution >= 0.6 is 0 Å². The molecule has 0 spiro atoms. The highest BCUT2D eigenvalue weighted by molar-refractivity contribution is 6.01. The first-order valence-corrected chi connectivity index (χ1v) is 12.8. The molecule has 9 heteroatoms. The number of hydrogen-bond donors (Lipinski definition) is 0. The maximum Gasteiger partial charge on any atom is 0.213 e. The van der Waals surface area contributed by atoms with Crippen LogP contribution in [0.2, 0.25) is 0 Å². The molecule has 6 rings (SSSR count). The van der Waals surface area contributed by atoms with Crippen LogP contribution in [0.5, 0.6) is 5.88 Å². The molecular formula is C30H27F2N5O2. The van der Waals surface area contributed by atoms with Crippen molar-refractivity contribution < 1.29 is 18.3 Å². The first-order chi connectivity index (χ1) is 19.0. The molecule has 4 aromatic rings. The summed E-state index contributed by atoms with van der Waals surface area (Å²) in [4.78, 5) is 17.8. The topological polar surface area (TPSA) is 63.6 Å². The quantitative estimate of drug-likeness (QED) is 0.346. The van der Waals surface area contributed by atoms with Crippen LogP contribution in [0.15, 0.2) is 72.7 Å². The number of aromatic nitrogens is 3. The minimum Gasteiger partial charge on any atom is -0.481 e. The van der Waals surface area contributed by atoms with Crippen molar-refractivity contribution in [3.8, 4) is 17.3 Å². The second-order valence-corrected chi connectivity index (χ2v) is 9.41. The standard InChI is InChI=1S/C30H27F2N5O2/c1-19-29(24-5-3-4-9-33-24)35-25-17-21(31)16-23(32)28(25)30(19)37-18-22(36-11-13-39-14-12-36)6-7-26(37)20-8-10-34-27(15-20)38-2/h3-10,15-17H,11-14,18H2,1-2H3. The van der Waals surface area contributed by atoms with Crippen LogP contribution in [-0.4, -0.2) is 59.8 Å². The molecule has 0 aliphatic carbocycles. The van der Waals surface area contributed by atoms with E-state index in [-0.39, 0.29) is 10.9 Å². The Morgan fingerprint density at radius 3 is 2.59 bits per heavy atom. The fourth-order valence-corrected chi connectivity index (χ4v) is 5.23. The van der Waals surface area contributed by atoms with Gasteiger partial charge in [0.2, 0.25) is 5.88 Å². The van der Waals surface area contributed by atoms with Crippen LogP contribution in [-0.2, 0) is 4.74 Å². The molecular weight excluding hydrogens is 500 g/mol. The molecule has 0 atom stereocenters. The number of nitrogens with zero attached hydrogens (tertiary/aromatic N) is 5. The van der Waals surface area contributed by atoms with Crippen molar-refractivity contribution in [2.24, 2.45) is 0 Å². The summed E-state index contributed by atoms with van der Waals surface area (Å²) in [6.07, 6.45) is 7.48. The lowest BCUT2D eigenvalue weighted by molar-refractivity contribution is 0.0531. The van der Waals surface area contributed by atoms with Gasteiger partial charge in [0.15, 0.2) is 0 Å². The molecule has 7 nitrogen and oxygen atoms in total. The van der Waals surface area contributed by atoms with Crippen LogP contribution in [0.3, 0.4) is 0 Å². The zero-order valence-electron chi connectivity index (χ0n) is 21.7. The number of halogens is 2. The Morgan fingerprint density at radius 1 is 0.974 bits per heavy atom. The highest BCUT2D eigenvalue weighted by Gasteiger charge is 2.29. The monoisotopic (exact) mass is 527 g/mol. The molecule has 2 aliphatic heterocycles. The second kappa shape index (κ2) is 10.4. The summed E-state index contributed by atoms with van der Waals surface area (Å²) in [5, 5.41) is 0.253. The number of rotatable bonds is 5. The Bertz CT molecular complexity index is 1600. The molecule has 0 bridgehead atoms. The SMILES string of the molecule is COc1cc(C2=CC=C(N3CCOCC3)CN2c2c(C)c(-c3ccccn3)nc3cc(F)cc(F)c23)ccn1. The van der Waals surface area contributed by atoms with Crippen molar-refractivity contribution in [3.63, 3.8) is 0 Å². The number of methoxy groups -OCH3 is 1. The van der Waals surface area contributed by atoms with E-state index in [1.54, 1.807) is 19.5 Å². The van der Waals surface area contributed by atoms with Gasteiger partial charge in [-0.1, -0.05) is 6.07 Å². The van der Waals surface area contributed by atoms with E-state index in [0.29, 0.717) is 42.7 Å². The van der Waals surface area contributed by atoms with Gasteiger partial charge < -0.3 is 19.3 Å². The average molecular weight is 528 g/mol. The van der Waals surface area contributed by atoms with E-state index in [4.69, 9.17) is 14.5 Å². The van der Waals surface area contributed by atoms with E-state index in [0.717, 1.165) is 41.7 Å². The van der Waals surface area contributed by atoms with Crippen LogP contribution in [0, 0.1) is 18.6 Å². The lowest BCUT2D eigenvalue weighted by Crippen LogP contribution is -2.41. The average Bonchev–Trinajstić information content (AvgIpc) is 2.98. The molecule has 0 amide bonds. The van der Waals surface area contributed by atoms with Crippen molar-refractivity contribution in [1.29, 1.82) is 0 Å². The number of fused-ring (bicyclic) bond motifs is 1. The number of hydrogen-bond acceptors (Lipinski definition) is 7. The molecule has 2 aliphatic rings. The normalized spacial score (nSPS) is 15.8. The molecule has 1 fully saturated rings. The number of ether oxygens (including phenoxy) is 2. The molecule has 0 radical (unpaired) electrons. The van der Waals surface area contributed by atoms with Gasteiger partial charge in [0.05, 0.1) is 54.8 Å². The fraction of sp³-hybridized carbons (Fsp3) is 0.233. The Labute approximate surface area is 225 Å². The second-order valence-electron chi connectivity index (χ2n) is 9.41. The van der Waals surface area contributed by atoms with Crippen molar-refractivity contribution >= 4 is 22.3 Å². The summed E-state index contributed by atoms with van der Waals surface area (Å²) in [6, 6.07) is 11.5. The first-order valence-electron chi connectivity index (χ1n) is 12.8. The predicted molar refractivity (Wildman–Crippen MR) is 146 cm³/mol. The maximum absolute atomic E-state index is 15.7.